The number of aliphatic hydroxyl groups is 2. The van der Waals surface area contributed by atoms with Crippen LogP contribution in [0.4, 0.5) is 0 Å². The molecule has 130 valence electrons. The first kappa shape index (κ1) is 21.4. The SMILES string of the molecule is CCCCC/C=C\C/C=C\CCCCCCCC(O)CCO. The Morgan fingerprint density at radius 2 is 1.32 bits per heavy atom. The van der Waals surface area contributed by atoms with Crippen LogP contribution in [0.15, 0.2) is 24.3 Å². The molecule has 1 atom stereocenters. The third kappa shape index (κ3) is 17.5. The summed E-state index contributed by atoms with van der Waals surface area (Å²) >= 11 is 0. The molecule has 0 aromatic rings. The summed E-state index contributed by atoms with van der Waals surface area (Å²) in [6.45, 7) is 2.34. The van der Waals surface area contributed by atoms with E-state index in [4.69, 9.17) is 5.11 Å². The fourth-order valence-electron chi connectivity index (χ4n) is 2.48. The molecule has 0 rings (SSSR count). The van der Waals surface area contributed by atoms with Gasteiger partial charge >= 0.3 is 0 Å². The number of hydrogen-bond acceptors (Lipinski definition) is 2. The molecule has 0 aromatic heterocycles. The second-order valence-electron chi connectivity index (χ2n) is 6.19. The van der Waals surface area contributed by atoms with Gasteiger partial charge in [-0.1, -0.05) is 69.8 Å². The van der Waals surface area contributed by atoms with Gasteiger partial charge in [0, 0.05) is 6.61 Å². The van der Waals surface area contributed by atoms with Gasteiger partial charge in [-0.25, -0.2) is 0 Å². The van der Waals surface area contributed by atoms with Gasteiger partial charge in [0.2, 0.25) is 0 Å². The Kier molecular flexibility index (Phi) is 17.9. The van der Waals surface area contributed by atoms with Gasteiger partial charge in [-0.15, -0.1) is 0 Å². The van der Waals surface area contributed by atoms with Gasteiger partial charge in [0.05, 0.1) is 6.10 Å². The van der Waals surface area contributed by atoms with Gasteiger partial charge in [0.15, 0.2) is 0 Å². The van der Waals surface area contributed by atoms with E-state index in [0.29, 0.717) is 6.42 Å². The van der Waals surface area contributed by atoms with E-state index < -0.39 is 0 Å². The van der Waals surface area contributed by atoms with E-state index in [1.165, 1.54) is 57.8 Å². The number of unbranched alkanes of at least 4 members (excludes halogenated alkanes) is 8. The molecule has 22 heavy (non-hydrogen) atoms. The maximum Gasteiger partial charge on any atom is 0.0562 e. The molecule has 0 saturated carbocycles. The monoisotopic (exact) mass is 310 g/mol. The van der Waals surface area contributed by atoms with Gasteiger partial charge in [-0.05, 0) is 44.9 Å². The van der Waals surface area contributed by atoms with Crippen LogP contribution in [0.5, 0.6) is 0 Å². The Bertz CT molecular complexity index is 258. The number of hydrogen-bond donors (Lipinski definition) is 2. The van der Waals surface area contributed by atoms with Crippen LogP contribution in [0.25, 0.3) is 0 Å². The van der Waals surface area contributed by atoms with E-state index >= 15 is 0 Å². The summed E-state index contributed by atoms with van der Waals surface area (Å²) < 4.78 is 0. The van der Waals surface area contributed by atoms with E-state index in [-0.39, 0.29) is 12.7 Å². The van der Waals surface area contributed by atoms with Gasteiger partial charge < -0.3 is 10.2 Å². The smallest absolute Gasteiger partial charge is 0.0562 e. The Morgan fingerprint density at radius 1 is 0.727 bits per heavy atom. The first-order chi connectivity index (χ1) is 10.8. The highest BCUT2D eigenvalue weighted by atomic mass is 16.3. The number of aliphatic hydroxyl groups excluding tert-OH is 2. The molecule has 0 saturated heterocycles. The first-order valence-corrected chi connectivity index (χ1v) is 9.40. The minimum absolute atomic E-state index is 0.0986. The zero-order valence-corrected chi connectivity index (χ0v) is 14.7. The third-order valence-corrected chi connectivity index (χ3v) is 3.95. The van der Waals surface area contributed by atoms with E-state index in [1.54, 1.807) is 0 Å². The quantitative estimate of drug-likeness (QED) is 0.290. The van der Waals surface area contributed by atoms with E-state index in [9.17, 15) is 5.11 Å². The number of rotatable bonds is 16. The lowest BCUT2D eigenvalue weighted by molar-refractivity contribution is 0.122. The normalized spacial score (nSPS) is 13.4. The van der Waals surface area contributed by atoms with Crippen molar-refractivity contribution < 1.29 is 10.2 Å². The van der Waals surface area contributed by atoms with Gasteiger partial charge in [-0.2, -0.15) is 0 Å². The molecule has 0 aliphatic carbocycles. The number of allylic oxidation sites excluding steroid dienone is 4. The largest absolute Gasteiger partial charge is 0.396 e. The van der Waals surface area contributed by atoms with Crippen LogP contribution in [0.1, 0.15) is 90.4 Å². The Morgan fingerprint density at radius 3 is 1.95 bits per heavy atom. The van der Waals surface area contributed by atoms with Crippen LogP contribution in [-0.4, -0.2) is 22.9 Å². The minimum Gasteiger partial charge on any atom is -0.396 e. The van der Waals surface area contributed by atoms with Crippen molar-refractivity contribution in [2.45, 2.75) is 96.5 Å². The first-order valence-electron chi connectivity index (χ1n) is 9.40. The van der Waals surface area contributed by atoms with Crippen molar-refractivity contribution in [2.75, 3.05) is 6.61 Å². The van der Waals surface area contributed by atoms with Crippen LogP contribution in [0, 0.1) is 0 Å². The van der Waals surface area contributed by atoms with Crippen LogP contribution >= 0.6 is 0 Å². The van der Waals surface area contributed by atoms with Crippen molar-refractivity contribution >= 4 is 0 Å². The molecule has 0 aromatic carbocycles. The van der Waals surface area contributed by atoms with Crippen molar-refractivity contribution in [1.29, 1.82) is 0 Å². The molecular weight excluding hydrogens is 272 g/mol. The fraction of sp³-hybridized carbons (Fsp3) is 0.800. The van der Waals surface area contributed by atoms with E-state index in [2.05, 4.69) is 31.2 Å². The maximum atomic E-state index is 9.48. The predicted octanol–water partition coefficient (Wildman–Crippen LogP) is 5.54. The van der Waals surface area contributed by atoms with Crippen molar-refractivity contribution in [2.24, 2.45) is 0 Å². The van der Waals surface area contributed by atoms with Crippen LogP contribution in [-0.2, 0) is 0 Å². The molecule has 0 aliphatic rings. The van der Waals surface area contributed by atoms with Crippen LogP contribution < -0.4 is 0 Å². The average molecular weight is 311 g/mol. The van der Waals surface area contributed by atoms with Crippen LogP contribution in [0.3, 0.4) is 0 Å². The van der Waals surface area contributed by atoms with Crippen molar-refractivity contribution in [3.05, 3.63) is 24.3 Å². The van der Waals surface area contributed by atoms with Crippen molar-refractivity contribution in [3.8, 4) is 0 Å². The lowest BCUT2D eigenvalue weighted by atomic mass is 10.1. The molecule has 2 N–H and O–H groups in total. The minimum atomic E-state index is -0.303. The Hall–Kier alpha value is -0.600. The average Bonchev–Trinajstić information content (AvgIpc) is 2.51. The molecule has 2 heteroatoms. The predicted molar refractivity (Wildman–Crippen MR) is 97.1 cm³/mol. The fourth-order valence-corrected chi connectivity index (χ4v) is 2.48. The molecule has 0 spiro atoms. The third-order valence-electron chi connectivity index (χ3n) is 3.95. The van der Waals surface area contributed by atoms with Crippen molar-refractivity contribution in [1.82, 2.24) is 0 Å². The summed E-state index contributed by atoms with van der Waals surface area (Å²) in [7, 11) is 0. The Labute approximate surface area is 138 Å². The second-order valence-corrected chi connectivity index (χ2v) is 6.19. The molecule has 0 heterocycles. The Balaban J connectivity index is 3.20. The van der Waals surface area contributed by atoms with Crippen LogP contribution in [0.2, 0.25) is 0 Å². The summed E-state index contributed by atoms with van der Waals surface area (Å²) in [5.74, 6) is 0. The van der Waals surface area contributed by atoms with E-state index in [1.807, 2.05) is 0 Å². The highest BCUT2D eigenvalue weighted by Gasteiger charge is 2.01. The molecule has 2 nitrogen and oxygen atoms in total. The molecule has 0 radical (unpaired) electrons. The molecule has 0 bridgehead atoms. The topological polar surface area (TPSA) is 40.5 Å². The summed E-state index contributed by atoms with van der Waals surface area (Å²) in [6, 6.07) is 0. The summed E-state index contributed by atoms with van der Waals surface area (Å²) in [6.07, 6.45) is 23.8. The lowest BCUT2D eigenvalue weighted by Crippen LogP contribution is -2.08. The summed E-state index contributed by atoms with van der Waals surface area (Å²) in [5.41, 5.74) is 0. The molecule has 0 fully saturated rings. The van der Waals surface area contributed by atoms with E-state index in [0.717, 1.165) is 19.3 Å². The molecular formula is C20H38O2. The summed E-state index contributed by atoms with van der Waals surface area (Å²) in [4.78, 5) is 0. The van der Waals surface area contributed by atoms with Crippen molar-refractivity contribution in [3.63, 3.8) is 0 Å². The zero-order chi connectivity index (χ0) is 16.3. The lowest BCUT2D eigenvalue weighted by Gasteiger charge is -2.07. The van der Waals surface area contributed by atoms with Gasteiger partial charge in [0.25, 0.3) is 0 Å². The zero-order valence-electron chi connectivity index (χ0n) is 14.7. The highest BCUT2D eigenvalue weighted by molar-refractivity contribution is 4.92. The van der Waals surface area contributed by atoms with Gasteiger partial charge in [-0.3, -0.25) is 0 Å². The van der Waals surface area contributed by atoms with Gasteiger partial charge in [0.1, 0.15) is 0 Å². The summed E-state index contributed by atoms with van der Waals surface area (Å²) in [5, 5.41) is 18.2. The maximum absolute atomic E-state index is 9.48. The molecule has 1 unspecified atom stereocenters. The second kappa shape index (κ2) is 18.4. The molecule has 0 amide bonds. The molecule has 0 aliphatic heterocycles. The highest BCUT2D eigenvalue weighted by Crippen LogP contribution is 2.10. The standard InChI is InChI=1S/C20H38O2/c1-2-3-4-5-6-7-8-9-10-11-12-13-14-15-16-17-20(22)18-19-21/h6-7,9-10,20-22H,2-5,8,11-19H2,1H3/b7-6-,10-9-.